The molecule has 0 radical (unpaired) electrons. The summed E-state index contributed by atoms with van der Waals surface area (Å²) in [5.74, 6) is 2.84. The van der Waals surface area contributed by atoms with Gasteiger partial charge in [-0.2, -0.15) is 11.8 Å². The average molecular weight is 329 g/mol. The van der Waals surface area contributed by atoms with E-state index in [1.54, 1.807) is 0 Å². The number of benzene rings is 1. The molecule has 2 N–H and O–H groups in total. The molecule has 1 aromatic carbocycles. The first-order valence-electron chi connectivity index (χ1n) is 7.28. The lowest BCUT2D eigenvalue weighted by atomic mass is 9.88. The van der Waals surface area contributed by atoms with Crippen molar-refractivity contribution >= 4 is 30.1 Å². The van der Waals surface area contributed by atoms with Crippen LogP contribution in [0.25, 0.3) is 0 Å². The molecule has 1 heterocycles. The molecule has 21 heavy (non-hydrogen) atoms. The molecule has 0 spiro atoms. The maximum absolute atomic E-state index is 11.9. The van der Waals surface area contributed by atoms with E-state index in [0.717, 1.165) is 31.1 Å². The van der Waals surface area contributed by atoms with Crippen molar-refractivity contribution in [3.8, 4) is 0 Å². The summed E-state index contributed by atoms with van der Waals surface area (Å²) in [6.45, 7) is 6.86. The third-order valence-corrected chi connectivity index (χ3v) is 4.90. The molecule has 1 amide bonds. The molecule has 1 atom stereocenters. The molecular formula is C16H25ClN2OS. The van der Waals surface area contributed by atoms with E-state index < -0.39 is 0 Å². The van der Waals surface area contributed by atoms with Gasteiger partial charge in [0.05, 0.1) is 0 Å². The Morgan fingerprint density at radius 1 is 1.38 bits per heavy atom. The first-order valence-corrected chi connectivity index (χ1v) is 8.44. The maximum atomic E-state index is 11.9. The van der Waals surface area contributed by atoms with E-state index in [9.17, 15) is 4.79 Å². The number of hydrogen-bond donors (Lipinski definition) is 2. The quantitative estimate of drug-likeness (QED) is 0.756. The highest BCUT2D eigenvalue weighted by Gasteiger charge is 2.28. The van der Waals surface area contributed by atoms with Crippen LogP contribution in [0.2, 0.25) is 0 Å². The first-order chi connectivity index (χ1) is 9.66. The smallest absolute Gasteiger partial charge is 0.223 e. The van der Waals surface area contributed by atoms with E-state index in [-0.39, 0.29) is 24.2 Å². The van der Waals surface area contributed by atoms with Crippen molar-refractivity contribution in [2.75, 3.05) is 25.4 Å². The fraction of sp³-hybridized carbons (Fsp3) is 0.562. The molecule has 0 aromatic heterocycles. The van der Waals surface area contributed by atoms with E-state index in [4.69, 9.17) is 0 Å². The van der Waals surface area contributed by atoms with Gasteiger partial charge in [0.2, 0.25) is 5.91 Å². The van der Waals surface area contributed by atoms with E-state index in [2.05, 4.69) is 41.8 Å². The van der Waals surface area contributed by atoms with Gasteiger partial charge in [0, 0.05) is 24.0 Å². The highest BCUT2D eigenvalue weighted by atomic mass is 35.5. The summed E-state index contributed by atoms with van der Waals surface area (Å²) in [4.78, 5) is 11.9. The number of nitrogens with one attached hydrogen (secondary N) is 2. The highest BCUT2D eigenvalue weighted by Crippen LogP contribution is 2.16. The summed E-state index contributed by atoms with van der Waals surface area (Å²) in [5, 5.41) is 6.25. The topological polar surface area (TPSA) is 41.1 Å². The molecule has 0 saturated carbocycles. The zero-order chi connectivity index (χ0) is 14.4. The van der Waals surface area contributed by atoms with Crippen LogP contribution in [0.15, 0.2) is 24.3 Å². The van der Waals surface area contributed by atoms with Crippen LogP contribution < -0.4 is 10.6 Å². The SMILES string of the molecule is Cc1ccc(CSCCNC(=O)C(C)C2CNC2)cc1.Cl. The van der Waals surface area contributed by atoms with Crippen LogP contribution >= 0.6 is 24.2 Å². The van der Waals surface area contributed by atoms with E-state index >= 15 is 0 Å². The summed E-state index contributed by atoms with van der Waals surface area (Å²) >= 11 is 1.87. The van der Waals surface area contributed by atoms with Crippen LogP contribution in [-0.4, -0.2) is 31.3 Å². The molecule has 2 rings (SSSR count). The average Bonchev–Trinajstić information content (AvgIpc) is 2.38. The summed E-state index contributed by atoms with van der Waals surface area (Å²) in [7, 11) is 0. The Morgan fingerprint density at radius 3 is 2.62 bits per heavy atom. The number of halogens is 1. The summed E-state index contributed by atoms with van der Waals surface area (Å²) in [6, 6.07) is 8.64. The molecule has 0 bridgehead atoms. The van der Waals surface area contributed by atoms with E-state index in [1.807, 2.05) is 18.7 Å². The fourth-order valence-electron chi connectivity index (χ4n) is 2.16. The number of rotatable bonds is 7. The maximum Gasteiger partial charge on any atom is 0.223 e. The Bertz CT molecular complexity index is 434. The van der Waals surface area contributed by atoms with Gasteiger partial charge in [-0.3, -0.25) is 4.79 Å². The third kappa shape index (κ3) is 5.89. The number of carbonyl (C=O) groups excluding carboxylic acids is 1. The third-order valence-electron chi connectivity index (χ3n) is 3.87. The van der Waals surface area contributed by atoms with Crippen LogP contribution in [0.4, 0.5) is 0 Å². The number of aryl methyl sites for hydroxylation is 1. The Kier molecular flexibility index (Phi) is 8.15. The van der Waals surface area contributed by atoms with Crippen molar-refractivity contribution in [2.45, 2.75) is 19.6 Å². The lowest BCUT2D eigenvalue weighted by Gasteiger charge is -2.31. The summed E-state index contributed by atoms with van der Waals surface area (Å²) in [5.41, 5.74) is 2.64. The van der Waals surface area contributed by atoms with Crippen LogP contribution in [0.5, 0.6) is 0 Å². The van der Waals surface area contributed by atoms with Crippen molar-refractivity contribution in [3.63, 3.8) is 0 Å². The molecule has 1 saturated heterocycles. The minimum atomic E-state index is 0. The second kappa shape index (κ2) is 9.34. The molecule has 1 aliphatic rings. The molecule has 118 valence electrons. The van der Waals surface area contributed by atoms with Gasteiger partial charge in [-0.05, 0) is 31.5 Å². The molecule has 3 nitrogen and oxygen atoms in total. The van der Waals surface area contributed by atoms with Crippen molar-refractivity contribution in [1.29, 1.82) is 0 Å². The van der Waals surface area contributed by atoms with Crippen molar-refractivity contribution < 1.29 is 4.79 Å². The largest absolute Gasteiger partial charge is 0.355 e. The number of carbonyl (C=O) groups is 1. The van der Waals surface area contributed by atoms with Crippen LogP contribution in [-0.2, 0) is 10.5 Å². The monoisotopic (exact) mass is 328 g/mol. The fourth-order valence-corrected chi connectivity index (χ4v) is 2.98. The Labute approximate surface area is 138 Å². The number of amides is 1. The predicted molar refractivity (Wildman–Crippen MR) is 93.1 cm³/mol. The molecule has 1 aromatic rings. The second-order valence-corrected chi connectivity index (χ2v) is 6.64. The van der Waals surface area contributed by atoms with E-state index in [0.29, 0.717) is 5.92 Å². The van der Waals surface area contributed by atoms with Gasteiger partial charge in [0.1, 0.15) is 0 Å². The Balaban J connectivity index is 0.00000220. The Morgan fingerprint density at radius 2 is 2.05 bits per heavy atom. The normalized spacial score (nSPS) is 15.7. The Hall–Kier alpha value is -0.710. The van der Waals surface area contributed by atoms with Gasteiger partial charge in [-0.1, -0.05) is 36.8 Å². The van der Waals surface area contributed by atoms with Crippen LogP contribution in [0, 0.1) is 18.8 Å². The number of hydrogen-bond acceptors (Lipinski definition) is 3. The van der Waals surface area contributed by atoms with Gasteiger partial charge >= 0.3 is 0 Å². The van der Waals surface area contributed by atoms with Gasteiger partial charge < -0.3 is 10.6 Å². The minimum absolute atomic E-state index is 0. The van der Waals surface area contributed by atoms with Gasteiger partial charge in [0.25, 0.3) is 0 Å². The minimum Gasteiger partial charge on any atom is -0.355 e. The van der Waals surface area contributed by atoms with Crippen molar-refractivity contribution in [1.82, 2.24) is 10.6 Å². The van der Waals surface area contributed by atoms with Crippen LogP contribution in [0.3, 0.4) is 0 Å². The second-order valence-electron chi connectivity index (χ2n) is 5.54. The zero-order valence-electron chi connectivity index (χ0n) is 12.7. The first kappa shape index (κ1) is 18.3. The molecular weight excluding hydrogens is 304 g/mol. The van der Waals surface area contributed by atoms with Gasteiger partial charge in [0.15, 0.2) is 0 Å². The van der Waals surface area contributed by atoms with Gasteiger partial charge in [-0.15, -0.1) is 12.4 Å². The highest BCUT2D eigenvalue weighted by molar-refractivity contribution is 7.98. The van der Waals surface area contributed by atoms with Gasteiger partial charge in [-0.25, -0.2) is 0 Å². The standard InChI is InChI=1S/C16H24N2OS.ClH/c1-12-3-5-14(6-4-12)11-20-8-7-18-16(19)13(2)15-9-17-10-15;/h3-6,13,15,17H,7-11H2,1-2H3,(H,18,19);1H. The molecule has 0 aliphatic carbocycles. The zero-order valence-corrected chi connectivity index (χ0v) is 14.4. The lowest BCUT2D eigenvalue weighted by Crippen LogP contribution is -2.49. The molecule has 1 unspecified atom stereocenters. The van der Waals surface area contributed by atoms with E-state index in [1.165, 1.54) is 11.1 Å². The molecule has 1 aliphatic heterocycles. The summed E-state index contributed by atoms with van der Waals surface area (Å²) < 4.78 is 0. The van der Waals surface area contributed by atoms with Crippen molar-refractivity contribution in [3.05, 3.63) is 35.4 Å². The van der Waals surface area contributed by atoms with Crippen molar-refractivity contribution in [2.24, 2.45) is 11.8 Å². The lowest BCUT2D eigenvalue weighted by molar-refractivity contribution is -0.126. The molecule has 5 heteroatoms. The molecule has 1 fully saturated rings. The van der Waals surface area contributed by atoms with Crippen LogP contribution in [0.1, 0.15) is 18.1 Å². The summed E-state index contributed by atoms with van der Waals surface area (Å²) in [6.07, 6.45) is 0. The predicted octanol–water partition coefficient (Wildman–Crippen LogP) is 2.62. The number of thioether (sulfide) groups is 1.